The summed E-state index contributed by atoms with van der Waals surface area (Å²) in [6.07, 6.45) is 3.79. The Kier molecular flexibility index (Phi) is 4.36. The summed E-state index contributed by atoms with van der Waals surface area (Å²) >= 11 is 0. The average molecular weight is 237 g/mol. The van der Waals surface area contributed by atoms with Crippen LogP contribution in [-0.4, -0.2) is 9.55 Å². The molecule has 98 valence electrons. The minimum absolute atomic E-state index is 0.324. The molecule has 1 aromatic rings. The number of nitrogens with two attached hydrogens (primary N) is 1. The lowest BCUT2D eigenvalue weighted by atomic mass is 9.85. The Hall–Kier alpha value is -0.830. The summed E-state index contributed by atoms with van der Waals surface area (Å²) in [5.74, 6) is 2.00. The first-order valence-electron chi connectivity index (χ1n) is 6.53. The van der Waals surface area contributed by atoms with E-state index in [0.717, 1.165) is 12.2 Å². The van der Waals surface area contributed by atoms with Gasteiger partial charge in [-0.3, -0.25) is 0 Å². The highest BCUT2D eigenvalue weighted by molar-refractivity contribution is 5.10. The van der Waals surface area contributed by atoms with Crippen molar-refractivity contribution in [2.75, 3.05) is 0 Å². The molecule has 0 spiro atoms. The van der Waals surface area contributed by atoms with E-state index in [0.29, 0.717) is 17.8 Å². The lowest BCUT2D eigenvalue weighted by Gasteiger charge is -2.28. The summed E-state index contributed by atoms with van der Waals surface area (Å²) in [5.41, 5.74) is 6.96. The average Bonchev–Trinajstić information content (AvgIpc) is 2.59. The molecule has 3 nitrogen and oxygen atoms in total. The molecule has 0 aliphatic rings. The lowest BCUT2D eigenvalue weighted by molar-refractivity contribution is 0.246. The summed E-state index contributed by atoms with van der Waals surface area (Å²) in [5, 5.41) is 0. The van der Waals surface area contributed by atoms with Crippen LogP contribution in [0.25, 0.3) is 0 Å². The van der Waals surface area contributed by atoms with Crippen molar-refractivity contribution in [3.8, 4) is 0 Å². The smallest absolute Gasteiger partial charge is 0.0948 e. The summed E-state index contributed by atoms with van der Waals surface area (Å²) < 4.78 is 2.21. The number of aromatic nitrogens is 2. The van der Waals surface area contributed by atoms with Gasteiger partial charge in [0, 0.05) is 12.7 Å². The van der Waals surface area contributed by atoms with Crippen LogP contribution in [0.15, 0.2) is 12.5 Å². The minimum Gasteiger partial charge on any atom is -0.333 e. The molecule has 2 N–H and O–H groups in total. The fourth-order valence-corrected chi connectivity index (χ4v) is 2.42. The van der Waals surface area contributed by atoms with Gasteiger partial charge >= 0.3 is 0 Å². The molecule has 0 aliphatic carbocycles. The molecule has 0 saturated heterocycles. The van der Waals surface area contributed by atoms with E-state index in [1.807, 2.05) is 26.4 Å². The number of imidazole rings is 1. The molecule has 3 heteroatoms. The van der Waals surface area contributed by atoms with E-state index in [9.17, 15) is 0 Å². The summed E-state index contributed by atoms with van der Waals surface area (Å²) in [6.45, 7) is 14.2. The van der Waals surface area contributed by atoms with Crippen LogP contribution in [0.3, 0.4) is 0 Å². The second kappa shape index (κ2) is 5.21. The van der Waals surface area contributed by atoms with E-state index in [1.165, 1.54) is 0 Å². The maximum Gasteiger partial charge on any atom is 0.0948 e. The first kappa shape index (κ1) is 14.2. The number of hydrogen-bond acceptors (Lipinski definition) is 2. The molecule has 0 fully saturated rings. The van der Waals surface area contributed by atoms with Crippen molar-refractivity contribution in [3.63, 3.8) is 0 Å². The van der Waals surface area contributed by atoms with Gasteiger partial charge in [0.1, 0.15) is 0 Å². The van der Waals surface area contributed by atoms with Crippen LogP contribution in [0.4, 0.5) is 0 Å². The Morgan fingerprint density at radius 1 is 1.24 bits per heavy atom. The Balaban J connectivity index is 2.91. The Morgan fingerprint density at radius 3 is 2.18 bits per heavy atom. The van der Waals surface area contributed by atoms with Crippen molar-refractivity contribution in [2.24, 2.45) is 23.5 Å². The van der Waals surface area contributed by atoms with Crippen molar-refractivity contribution < 1.29 is 0 Å². The van der Waals surface area contributed by atoms with Crippen molar-refractivity contribution in [3.05, 3.63) is 18.2 Å². The van der Waals surface area contributed by atoms with E-state index in [-0.39, 0.29) is 5.54 Å². The zero-order valence-corrected chi connectivity index (χ0v) is 12.1. The van der Waals surface area contributed by atoms with Gasteiger partial charge in [0.2, 0.25) is 0 Å². The van der Waals surface area contributed by atoms with Crippen LogP contribution in [0.5, 0.6) is 0 Å². The van der Waals surface area contributed by atoms with Gasteiger partial charge in [0.25, 0.3) is 0 Å². The van der Waals surface area contributed by atoms with Crippen molar-refractivity contribution in [1.29, 1.82) is 0 Å². The molecule has 17 heavy (non-hydrogen) atoms. The van der Waals surface area contributed by atoms with Crippen LogP contribution in [0.1, 0.15) is 47.2 Å². The first-order chi connectivity index (χ1) is 7.73. The first-order valence-corrected chi connectivity index (χ1v) is 6.53. The van der Waals surface area contributed by atoms with Gasteiger partial charge in [-0.2, -0.15) is 0 Å². The summed E-state index contributed by atoms with van der Waals surface area (Å²) in [4.78, 5) is 4.24. The lowest BCUT2D eigenvalue weighted by Crippen LogP contribution is -2.33. The minimum atomic E-state index is -0.324. The van der Waals surface area contributed by atoms with Gasteiger partial charge in [-0.25, -0.2) is 4.98 Å². The standard InChI is InChI=1S/C14H27N3/c1-10(2)12(11(3)4)8-17-9-16-7-13(17)14(5,6)15/h7,9-12H,8,15H2,1-6H3. The van der Waals surface area contributed by atoms with Crippen molar-refractivity contribution in [1.82, 2.24) is 9.55 Å². The third-order valence-corrected chi connectivity index (χ3v) is 3.49. The Morgan fingerprint density at radius 2 is 1.76 bits per heavy atom. The quantitative estimate of drug-likeness (QED) is 0.855. The molecule has 0 aromatic carbocycles. The monoisotopic (exact) mass is 237 g/mol. The molecule has 0 aliphatic heterocycles. The molecular formula is C14H27N3. The second-order valence-corrected chi connectivity index (χ2v) is 6.30. The van der Waals surface area contributed by atoms with Crippen LogP contribution in [0, 0.1) is 17.8 Å². The molecule has 0 radical (unpaired) electrons. The third kappa shape index (κ3) is 3.56. The zero-order valence-electron chi connectivity index (χ0n) is 12.1. The normalized spacial score (nSPS) is 13.1. The van der Waals surface area contributed by atoms with Crippen LogP contribution in [-0.2, 0) is 12.1 Å². The van der Waals surface area contributed by atoms with E-state index in [2.05, 4.69) is 37.2 Å². The highest BCUT2D eigenvalue weighted by Gasteiger charge is 2.23. The summed E-state index contributed by atoms with van der Waals surface area (Å²) in [6, 6.07) is 0. The molecule has 0 bridgehead atoms. The van der Waals surface area contributed by atoms with E-state index >= 15 is 0 Å². The van der Waals surface area contributed by atoms with E-state index < -0.39 is 0 Å². The maximum absolute atomic E-state index is 6.17. The van der Waals surface area contributed by atoms with Gasteiger partial charge in [-0.15, -0.1) is 0 Å². The van der Waals surface area contributed by atoms with Crippen LogP contribution >= 0.6 is 0 Å². The van der Waals surface area contributed by atoms with Crippen LogP contribution in [0.2, 0.25) is 0 Å². The highest BCUT2D eigenvalue weighted by atomic mass is 15.1. The molecule has 0 amide bonds. The van der Waals surface area contributed by atoms with Gasteiger partial charge in [0.15, 0.2) is 0 Å². The number of hydrogen-bond donors (Lipinski definition) is 1. The number of nitrogens with zero attached hydrogens (tertiary/aromatic N) is 2. The predicted octanol–water partition coefficient (Wildman–Crippen LogP) is 3.01. The van der Waals surface area contributed by atoms with Gasteiger partial charge in [-0.05, 0) is 31.6 Å². The largest absolute Gasteiger partial charge is 0.333 e. The van der Waals surface area contributed by atoms with Gasteiger partial charge in [-0.1, -0.05) is 27.7 Å². The molecule has 1 aromatic heterocycles. The van der Waals surface area contributed by atoms with E-state index in [1.54, 1.807) is 0 Å². The highest BCUT2D eigenvalue weighted by Crippen LogP contribution is 2.25. The SMILES string of the molecule is CC(C)C(Cn1cncc1C(C)(C)N)C(C)C. The molecule has 1 heterocycles. The molecule has 0 atom stereocenters. The second-order valence-electron chi connectivity index (χ2n) is 6.30. The third-order valence-electron chi connectivity index (χ3n) is 3.49. The Bertz CT molecular complexity index is 337. The van der Waals surface area contributed by atoms with Gasteiger partial charge < -0.3 is 10.3 Å². The fraction of sp³-hybridized carbons (Fsp3) is 0.786. The van der Waals surface area contributed by atoms with E-state index in [4.69, 9.17) is 5.73 Å². The van der Waals surface area contributed by atoms with Gasteiger partial charge in [0.05, 0.1) is 17.6 Å². The molecule has 1 rings (SSSR count). The maximum atomic E-state index is 6.17. The zero-order chi connectivity index (χ0) is 13.2. The predicted molar refractivity (Wildman–Crippen MR) is 72.6 cm³/mol. The number of rotatable bonds is 5. The van der Waals surface area contributed by atoms with Crippen molar-refractivity contribution in [2.45, 2.75) is 53.6 Å². The summed E-state index contributed by atoms with van der Waals surface area (Å²) in [7, 11) is 0. The fourth-order valence-electron chi connectivity index (χ4n) is 2.42. The molecular weight excluding hydrogens is 210 g/mol. The molecule has 0 saturated carbocycles. The van der Waals surface area contributed by atoms with Crippen LogP contribution < -0.4 is 5.73 Å². The Labute approximate surface area is 105 Å². The molecule has 0 unspecified atom stereocenters. The van der Waals surface area contributed by atoms with Crippen molar-refractivity contribution >= 4 is 0 Å². The topological polar surface area (TPSA) is 43.8 Å².